The molecule has 2 saturated carbocycles. The number of halogens is 2. The molecule has 2 fully saturated rings. The van der Waals surface area contributed by atoms with Gasteiger partial charge in [-0.05, 0) is 39.0 Å². The zero-order chi connectivity index (χ0) is 16.8. The summed E-state index contributed by atoms with van der Waals surface area (Å²) >= 11 is 6.47. The Hall–Kier alpha value is -1.10. The Morgan fingerprint density at radius 1 is 1.25 bits per heavy atom. The van der Waals surface area contributed by atoms with Gasteiger partial charge in [0.1, 0.15) is 17.7 Å². The Bertz CT molecular complexity index is 659. The van der Waals surface area contributed by atoms with E-state index in [1.807, 2.05) is 6.92 Å². The Morgan fingerprint density at radius 2 is 2.04 bits per heavy atom. The number of nitrogens with zero attached hydrogens (tertiary/aromatic N) is 3. The minimum atomic E-state index is -0.891. The number of imidazole rings is 1. The lowest BCUT2D eigenvalue weighted by Gasteiger charge is -2.37. The van der Waals surface area contributed by atoms with Gasteiger partial charge in [-0.1, -0.05) is 12.8 Å². The predicted octanol–water partition coefficient (Wildman–Crippen LogP) is 4.13. The van der Waals surface area contributed by atoms with Gasteiger partial charge in [0.2, 0.25) is 0 Å². The minimum absolute atomic E-state index is 0.0363. The molecular formula is C18H25ClFN3O. The number of hydroxylamine groups is 1. The second kappa shape index (κ2) is 6.32. The average Bonchev–Trinajstić information content (AvgIpc) is 2.85. The minimum Gasteiger partial charge on any atom is -0.624 e. The highest BCUT2D eigenvalue weighted by Crippen LogP contribution is 2.43. The molecule has 1 aromatic heterocycles. The monoisotopic (exact) mass is 353 g/mol. The summed E-state index contributed by atoms with van der Waals surface area (Å²) in [5.74, 6) is 0.751. The van der Waals surface area contributed by atoms with Crippen molar-refractivity contribution >= 4 is 17.3 Å². The number of rotatable bonds is 1. The first-order chi connectivity index (χ1) is 11.6. The smallest absolute Gasteiger partial charge is 0.195 e. The summed E-state index contributed by atoms with van der Waals surface area (Å²) in [6, 6.07) is 0.195. The SMILES string of the molecule is Cc1ncc2n1C1CCC(Cl)CC1C(C1CCCCC1F)=[N+]([O-])C2. The fourth-order valence-corrected chi connectivity index (χ4v) is 5.42. The van der Waals surface area contributed by atoms with Crippen molar-refractivity contribution in [2.75, 3.05) is 0 Å². The van der Waals surface area contributed by atoms with Crippen molar-refractivity contribution in [2.45, 2.75) is 76.0 Å². The van der Waals surface area contributed by atoms with Gasteiger partial charge in [0.05, 0.1) is 18.0 Å². The van der Waals surface area contributed by atoms with Gasteiger partial charge in [-0.25, -0.2) is 14.1 Å². The molecule has 0 radical (unpaired) electrons. The molecule has 1 aliphatic heterocycles. The quantitative estimate of drug-likeness (QED) is 0.433. The first-order valence-corrected chi connectivity index (χ1v) is 9.62. The number of hydrogen-bond donors (Lipinski definition) is 0. The largest absolute Gasteiger partial charge is 0.624 e. The second-order valence-corrected chi connectivity index (χ2v) is 8.24. The standard InChI is InChI=1S/C18H25ClFN3O/c1-11-21-9-13-10-22(24)18(14-4-2-3-5-16(14)20)15-8-12(19)6-7-17(15)23(11)13/h9,12,14-17H,2-8,10H2,1H3. The van der Waals surface area contributed by atoms with E-state index < -0.39 is 6.17 Å². The van der Waals surface area contributed by atoms with E-state index in [0.717, 1.165) is 60.5 Å². The average molecular weight is 354 g/mol. The highest BCUT2D eigenvalue weighted by molar-refractivity contribution is 6.20. The molecule has 3 aliphatic rings. The molecule has 6 heteroatoms. The Kier molecular flexibility index (Phi) is 4.31. The molecule has 132 valence electrons. The first kappa shape index (κ1) is 16.4. The molecule has 0 N–H and O–H groups in total. The van der Waals surface area contributed by atoms with Crippen molar-refractivity contribution in [1.82, 2.24) is 9.55 Å². The van der Waals surface area contributed by atoms with Crippen molar-refractivity contribution in [3.63, 3.8) is 0 Å². The highest BCUT2D eigenvalue weighted by atomic mass is 35.5. The van der Waals surface area contributed by atoms with E-state index in [0.29, 0.717) is 6.42 Å². The van der Waals surface area contributed by atoms with Crippen LogP contribution in [0.25, 0.3) is 0 Å². The second-order valence-electron chi connectivity index (χ2n) is 7.62. The summed E-state index contributed by atoms with van der Waals surface area (Å²) < 4.78 is 18.0. The van der Waals surface area contributed by atoms with Crippen LogP contribution < -0.4 is 0 Å². The van der Waals surface area contributed by atoms with Gasteiger partial charge >= 0.3 is 0 Å². The molecule has 2 aliphatic carbocycles. The van der Waals surface area contributed by atoms with Crippen LogP contribution in [-0.2, 0) is 6.54 Å². The van der Waals surface area contributed by atoms with Gasteiger partial charge in [-0.2, -0.15) is 0 Å². The van der Waals surface area contributed by atoms with E-state index >= 15 is 0 Å². The number of aromatic nitrogens is 2. The van der Waals surface area contributed by atoms with Crippen LogP contribution in [0.5, 0.6) is 0 Å². The molecule has 24 heavy (non-hydrogen) atoms. The Labute approximate surface area is 147 Å². The van der Waals surface area contributed by atoms with Gasteiger partial charge in [0.15, 0.2) is 12.3 Å². The molecule has 5 unspecified atom stereocenters. The molecule has 2 heterocycles. The number of aryl methyl sites for hydroxylation is 1. The zero-order valence-corrected chi connectivity index (χ0v) is 14.9. The molecule has 0 amide bonds. The Morgan fingerprint density at radius 3 is 2.83 bits per heavy atom. The van der Waals surface area contributed by atoms with Crippen LogP contribution in [0.2, 0.25) is 0 Å². The van der Waals surface area contributed by atoms with E-state index in [1.54, 1.807) is 6.20 Å². The van der Waals surface area contributed by atoms with E-state index in [2.05, 4.69) is 9.55 Å². The lowest BCUT2D eigenvalue weighted by molar-refractivity contribution is -0.480. The van der Waals surface area contributed by atoms with Crippen LogP contribution in [0, 0.1) is 24.0 Å². The summed E-state index contributed by atoms with van der Waals surface area (Å²) in [5.41, 5.74) is 1.73. The van der Waals surface area contributed by atoms with E-state index in [1.165, 1.54) is 0 Å². The van der Waals surface area contributed by atoms with Crippen LogP contribution in [0.1, 0.15) is 62.5 Å². The molecular weight excluding hydrogens is 329 g/mol. The molecule has 0 bridgehead atoms. The van der Waals surface area contributed by atoms with Crippen LogP contribution in [-0.4, -0.2) is 31.6 Å². The topological polar surface area (TPSA) is 43.9 Å². The molecule has 4 nitrogen and oxygen atoms in total. The fourth-order valence-electron chi connectivity index (χ4n) is 5.10. The normalized spacial score (nSPS) is 36.9. The van der Waals surface area contributed by atoms with Crippen LogP contribution in [0.15, 0.2) is 6.20 Å². The van der Waals surface area contributed by atoms with Crippen molar-refractivity contribution in [1.29, 1.82) is 0 Å². The molecule has 5 atom stereocenters. The maximum Gasteiger partial charge on any atom is 0.195 e. The third kappa shape index (κ3) is 2.65. The summed E-state index contributed by atoms with van der Waals surface area (Å²) in [7, 11) is 0. The summed E-state index contributed by atoms with van der Waals surface area (Å²) in [5, 5.41) is 13.1. The van der Waals surface area contributed by atoms with Gasteiger partial charge in [0, 0.05) is 11.4 Å². The van der Waals surface area contributed by atoms with Crippen molar-refractivity contribution in [3.05, 3.63) is 22.9 Å². The molecule has 1 aromatic rings. The molecule has 0 saturated heterocycles. The van der Waals surface area contributed by atoms with Crippen LogP contribution >= 0.6 is 11.6 Å². The summed E-state index contributed by atoms with van der Waals surface area (Å²) in [6.45, 7) is 2.27. The molecule has 4 rings (SSSR count). The highest BCUT2D eigenvalue weighted by Gasteiger charge is 2.46. The van der Waals surface area contributed by atoms with Crippen molar-refractivity contribution in [3.8, 4) is 0 Å². The maximum atomic E-state index is 14.7. The summed E-state index contributed by atoms with van der Waals surface area (Å²) in [4.78, 5) is 4.42. The first-order valence-electron chi connectivity index (χ1n) is 9.18. The molecule has 0 spiro atoms. The summed E-state index contributed by atoms with van der Waals surface area (Å²) in [6.07, 6.45) is 6.86. The molecule has 0 aromatic carbocycles. The predicted molar refractivity (Wildman–Crippen MR) is 92.2 cm³/mol. The number of hydrogen-bond acceptors (Lipinski definition) is 2. The van der Waals surface area contributed by atoms with E-state index in [9.17, 15) is 9.60 Å². The maximum absolute atomic E-state index is 14.7. The lowest BCUT2D eigenvalue weighted by atomic mass is 9.72. The van der Waals surface area contributed by atoms with Crippen LogP contribution in [0.4, 0.5) is 4.39 Å². The number of alkyl halides is 2. The van der Waals surface area contributed by atoms with Gasteiger partial charge in [-0.3, -0.25) is 0 Å². The van der Waals surface area contributed by atoms with Crippen molar-refractivity contribution in [2.24, 2.45) is 11.8 Å². The van der Waals surface area contributed by atoms with Crippen LogP contribution in [0.3, 0.4) is 0 Å². The van der Waals surface area contributed by atoms with Gasteiger partial charge in [0.25, 0.3) is 0 Å². The van der Waals surface area contributed by atoms with Gasteiger partial charge < -0.3 is 9.77 Å². The van der Waals surface area contributed by atoms with Crippen molar-refractivity contribution < 1.29 is 9.13 Å². The zero-order valence-electron chi connectivity index (χ0n) is 14.1. The third-order valence-electron chi connectivity index (χ3n) is 6.17. The fraction of sp³-hybridized carbons (Fsp3) is 0.778. The van der Waals surface area contributed by atoms with E-state index in [-0.39, 0.29) is 29.8 Å². The Balaban J connectivity index is 1.79. The van der Waals surface area contributed by atoms with E-state index in [4.69, 9.17) is 11.6 Å². The number of fused-ring (bicyclic) bond motifs is 3. The van der Waals surface area contributed by atoms with Gasteiger partial charge in [-0.15, -0.1) is 11.6 Å². The third-order valence-corrected chi connectivity index (χ3v) is 6.57. The lowest BCUT2D eigenvalue weighted by Crippen LogP contribution is -2.42.